The van der Waals surface area contributed by atoms with Gasteiger partial charge in [0.25, 0.3) is 0 Å². The fourth-order valence-electron chi connectivity index (χ4n) is 2.00. The Hall–Kier alpha value is -0.630. The fourth-order valence-corrected chi connectivity index (χ4v) is 3.09. The van der Waals surface area contributed by atoms with Crippen molar-refractivity contribution in [2.75, 3.05) is 0 Å². The Morgan fingerprint density at radius 2 is 2.31 bits per heavy atom. The largest absolute Gasteiger partial charge is 0.299 e. The number of ketones is 1. The number of Topliss-reactive ketones (excluding diaryl/α,β-unsaturated/α-hetero) is 1. The summed E-state index contributed by atoms with van der Waals surface area (Å²) in [6, 6.07) is 2.11. The van der Waals surface area contributed by atoms with E-state index in [0.717, 1.165) is 19.3 Å². The maximum Gasteiger partial charge on any atom is 0.141 e. The van der Waals surface area contributed by atoms with Crippen molar-refractivity contribution in [1.29, 1.82) is 0 Å². The van der Waals surface area contributed by atoms with Crippen LogP contribution in [0.3, 0.4) is 0 Å². The molecule has 13 heavy (non-hydrogen) atoms. The van der Waals surface area contributed by atoms with Gasteiger partial charge in [0, 0.05) is 11.3 Å². The van der Waals surface area contributed by atoms with Crippen molar-refractivity contribution >= 4 is 17.1 Å². The smallest absolute Gasteiger partial charge is 0.141 e. The number of rotatable bonds is 1. The van der Waals surface area contributed by atoms with Crippen molar-refractivity contribution in [3.8, 4) is 0 Å². The number of carbonyl (C=O) groups excluding carboxylic acids is 1. The zero-order chi connectivity index (χ0) is 9.26. The number of thiophene rings is 1. The zero-order valence-electron chi connectivity index (χ0n) is 7.88. The first-order valence-corrected chi connectivity index (χ1v) is 5.73. The molecule has 1 heterocycles. The van der Waals surface area contributed by atoms with Crippen molar-refractivity contribution in [1.82, 2.24) is 0 Å². The van der Waals surface area contributed by atoms with Gasteiger partial charge in [-0.3, -0.25) is 4.79 Å². The summed E-state index contributed by atoms with van der Waals surface area (Å²) in [7, 11) is 0. The number of hydrogen-bond donors (Lipinski definition) is 0. The SMILES string of the molecule is Cc1ccsc1C1CCCCC1=O. The van der Waals surface area contributed by atoms with E-state index in [2.05, 4.69) is 18.4 Å². The van der Waals surface area contributed by atoms with E-state index in [-0.39, 0.29) is 5.92 Å². The van der Waals surface area contributed by atoms with Gasteiger partial charge in [-0.1, -0.05) is 6.42 Å². The average molecular weight is 194 g/mol. The second-order valence-electron chi connectivity index (χ2n) is 3.73. The molecule has 0 spiro atoms. The second kappa shape index (κ2) is 3.62. The Morgan fingerprint density at radius 1 is 1.46 bits per heavy atom. The molecule has 1 fully saturated rings. The summed E-state index contributed by atoms with van der Waals surface area (Å²) in [4.78, 5) is 13.0. The Morgan fingerprint density at radius 3 is 2.92 bits per heavy atom. The van der Waals surface area contributed by atoms with Crippen LogP contribution in [-0.2, 0) is 4.79 Å². The van der Waals surface area contributed by atoms with Crippen LogP contribution in [0, 0.1) is 6.92 Å². The van der Waals surface area contributed by atoms with Gasteiger partial charge in [-0.05, 0) is 36.8 Å². The van der Waals surface area contributed by atoms with Crippen molar-refractivity contribution < 1.29 is 4.79 Å². The highest BCUT2D eigenvalue weighted by Gasteiger charge is 2.25. The van der Waals surface area contributed by atoms with Crippen molar-refractivity contribution in [2.24, 2.45) is 0 Å². The maximum atomic E-state index is 11.7. The van der Waals surface area contributed by atoms with E-state index in [0.29, 0.717) is 5.78 Å². The van der Waals surface area contributed by atoms with Gasteiger partial charge in [0.05, 0.1) is 5.92 Å². The summed E-state index contributed by atoms with van der Waals surface area (Å²) in [5.41, 5.74) is 1.30. The summed E-state index contributed by atoms with van der Waals surface area (Å²) in [5, 5.41) is 2.09. The van der Waals surface area contributed by atoms with Gasteiger partial charge >= 0.3 is 0 Å². The van der Waals surface area contributed by atoms with Crippen LogP contribution in [0.15, 0.2) is 11.4 Å². The molecule has 2 heteroatoms. The number of aryl methyl sites for hydroxylation is 1. The lowest BCUT2D eigenvalue weighted by molar-refractivity contribution is -0.121. The zero-order valence-corrected chi connectivity index (χ0v) is 8.69. The molecule has 0 radical (unpaired) electrons. The minimum absolute atomic E-state index is 0.230. The molecule has 0 N–H and O–H groups in total. The topological polar surface area (TPSA) is 17.1 Å². The van der Waals surface area contributed by atoms with E-state index in [9.17, 15) is 4.79 Å². The van der Waals surface area contributed by atoms with E-state index in [4.69, 9.17) is 0 Å². The van der Waals surface area contributed by atoms with Crippen molar-refractivity contribution in [2.45, 2.75) is 38.5 Å². The minimum Gasteiger partial charge on any atom is -0.299 e. The van der Waals surface area contributed by atoms with Crippen LogP contribution in [0.2, 0.25) is 0 Å². The molecule has 1 saturated carbocycles. The van der Waals surface area contributed by atoms with E-state index >= 15 is 0 Å². The quantitative estimate of drug-likeness (QED) is 0.670. The molecule has 0 aromatic carbocycles. The predicted molar refractivity (Wildman–Crippen MR) is 55.3 cm³/mol. The fraction of sp³-hybridized carbons (Fsp3) is 0.545. The molecule has 1 aromatic heterocycles. The van der Waals surface area contributed by atoms with Crippen molar-refractivity contribution in [3.05, 3.63) is 21.9 Å². The third-order valence-electron chi connectivity index (χ3n) is 2.77. The van der Waals surface area contributed by atoms with Crippen LogP contribution >= 0.6 is 11.3 Å². The lowest BCUT2D eigenvalue weighted by atomic mass is 9.86. The summed E-state index contributed by atoms with van der Waals surface area (Å²) in [5.74, 6) is 0.686. The highest BCUT2D eigenvalue weighted by Crippen LogP contribution is 2.34. The Labute approximate surface area is 82.8 Å². The monoisotopic (exact) mass is 194 g/mol. The normalized spacial score (nSPS) is 23.5. The first kappa shape index (κ1) is 8.95. The van der Waals surface area contributed by atoms with E-state index < -0.39 is 0 Å². The first-order chi connectivity index (χ1) is 6.29. The molecule has 0 saturated heterocycles. The number of hydrogen-bond acceptors (Lipinski definition) is 2. The highest BCUT2D eigenvalue weighted by atomic mass is 32.1. The van der Waals surface area contributed by atoms with Gasteiger partial charge in [-0.2, -0.15) is 0 Å². The highest BCUT2D eigenvalue weighted by molar-refractivity contribution is 7.10. The van der Waals surface area contributed by atoms with E-state index in [1.165, 1.54) is 16.9 Å². The second-order valence-corrected chi connectivity index (χ2v) is 4.68. The van der Waals surface area contributed by atoms with Crippen LogP contribution in [-0.4, -0.2) is 5.78 Å². The van der Waals surface area contributed by atoms with Crippen LogP contribution < -0.4 is 0 Å². The molecule has 1 unspecified atom stereocenters. The predicted octanol–water partition coefficient (Wildman–Crippen LogP) is 3.28. The maximum absolute atomic E-state index is 11.7. The van der Waals surface area contributed by atoms with Crippen LogP contribution in [0.5, 0.6) is 0 Å². The molecule has 2 rings (SSSR count). The minimum atomic E-state index is 0.230. The Balaban J connectivity index is 2.24. The van der Waals surface area contributed by atoms with Gasteiger partial charge < -0.3 is 0 Å². The summed E-state index contributed by atoms with van der Waals surface area (Å²) in [6.45, 7) is 2.10. The van der Waals surface area contributed by atoms with E-state index in [1.54, 1.807) is 11.3 Å². The molecule has 0 amide bonds. The standard InChI is InChI=1S/C11H14OS/c1-8-6-7-13-11(8)9-4-2-3-5-10(9)12/h6-7,9H,2-5H2,1H3. The molecule has 1 aliphatic carbocycles. The first-order valence-electron chi connectivity index (χ1n) is 4.86. The average Bonchev–Trinajstić information content (AvgIpc) is 2.52. The molecule has 1 aliphatic rings. The Kier molecular flexibility index (Phi) is 2.49. The molecule has 0 aliphatic heterocycles. The molecule has 0 bridgehead atoms. The summed E-state index contributed by atoms with van der Waals surface area (Å²) < 4.78 is 0. The third kappa shape index (κ3) is 1.68. The van der Waals surface area contributed by atoms with Crippen LogP contribution in [0.25, 0.3) is 0 Å². The van der Waals surface area contributed by atoms with Gasteiger partial charge in [0.1, 0.15) is 5.78 Å². The van der Waals surface area contributed by atoms with Gasteiger partial charge in [-0.15, -0.1) is 11.3 Å². The van der Waals surface area contributed by atoms with Crippen LogP contribution in [0.4, 0.5) is 0 Å². The van der Waals surface area contributed by atoms with E-state index in [1.807, 2.05) is 0 Å². The molecule has 1 atom stereocenters. The van der Waals surface area contributed by atoms with Crippen LogP contribution in [0.1, 0.15) is 42.0 Å². The number of carbonyl (C=O) groups is 1. The molecular weight excluding hydrogens is 180 g/mol. The van der Waals surface area contributed by atoms with Gasteiger partial charge in [0.2, 0.25) is 0 Å². The molecule has 1 nitrogen and oxygen atoms in total. The Bertz CT molecular complexity index is 314. The lowest BCUT2D eigenvalue weighted by Crippen LogP contribution is -2.16. The van der Waals surface area contributed by atoms with Crippen molar-refractivity contribution in [3.63, 3.8) is 0 Å². The molecule has 1 aromatic rings. The lowest BCUT2D eigenvalue weighted by Gasteiger charge is -2.19. The van der Waals surface area contributed by atoms with Gasteiger partial charge in [0.15, 0.2) is 0 Å². The summed E-state index contributed by atoms with van der Waals surface area (Å²) in [6.07, 6.45) is 4.18. The molecular formula is C11H14OS. The molecule has 70 valence electrons. The summed E-state index contributed by atoms with van der Waals surface area (Å²) >= 11 is 1.74. The third-order valence-corrected chi connectivity index (χ3v) is 3.91. The van der Waals surface area contributed by atoms with Gasteiger partial charge in [-0.25, -0.2) is 0 Å².